The molecule has 0 spiro atoms. The highest BCUT2D eigenvalue weighted by atomic mass is 16.6. The molecule has 1 fully saturated rings. The number of benzene rings is 2. The Bertz CT molecular complexity index is 1700. The van der Waals surface area contributed by atoms with Crippen LogP contribution in [0.25, 0.3) is 17.2 Å². The molecule has 0 radical (unpaired) electrons. The first-order valence-corrected chi connectivity index (χ1v) is 15.9. The molecule has 2 aromatic carbocycles. The molecule has 12 heteroatoms. The number of carbonyl (C=O) groups excluding carboxylic acids is 5. The normalized spacial score (nSPS) is 13.0. The van der Waals surface area contributed by atoms with Gasteiger partial charge in [-0.1, -0.05) is 43.0 Å². The molecule has 1 aliphatic carbocycles. The topological polar surface area (TPSA) is 159 Å². The van der Waals surface area contributed by atoms with E-state index >= 15 is 0 Å². The number of hydrogen-bond acceptors (Lipinski definition) is 10. The Hall–Kier alpha value is -5.52. The van der Waals surface area contributed by atoms with Crippen LogP contribution in [0.3, 0.4) is 0 Å². The molecular weight excluding hydrogens is 630 g/mol. The van der Waals surface area contributed by atoms with E-state index in [4.69, 9.17) is 18.9 Å². The molecule has 12 nitrogen and oxygen atoms in total. The molecule has 0 bridgehead atoms. The molecule has 1 aromatic heterocycles. The Morgan fingerprint density at radius 3 is 2.33 bits per heavy atom. The van der Waals surface area contributed by atoms with Crippen molar-refractivity contribution in [1.29, 1.82) is 0 Å². The van der Waals surface area contributed by atoms with Gasteiger partial charge < -0.3 is 29.6 Å². The summed E-state index contributed by atoms with van der Waals surface area (Å²) in [5.74, 6) is -1.31. The van der Waals surface area contributed by atoms with Crippen LogP contribution in [0, 0.1) is 5.92 Å². The molecule has 2 N–H and O–H groups in total. The van der Waals surface area contributed by atoms with Crippen LogP contribution in [-0.4, -0.2) is 73.7 Å². The van der Waals surface area contributed by atoms with E-state index in [1.807, 2.05) is 6.07 Å². The number of nitrogens with zero attached hydrogens (tertiary/aromatic N) is 1. The molecule has 0 aliphatic heterocycles. The maximum Gasteiger partial charge on any atom is 0.408 e. The lowest BCUT2D eigenvalue weighted by molar-refractivity contribution is -0.147. The summed E-state index contributed by atoms with van der Waals surface area (Å²) in [6.45, 7) is 8.65. The monoisotopic (exact) mass is 671 g/mol. The maximum atomic E-state index is 13.5. The molecule has 2 amide bonds. The molecule has 258 valence electrons. The summed E-state index contributed by atoms with van der Waals surface area (Å²) in [7, 11) is 1.46. The Kier molecular flexibility index (Phi) is 12.3. The zero-order valence-electron chi connectivity index (χ0n) is 28.1. The van der Waals surface area contributed by atoms with Crippen molar-refractivity contribution in [2.24, 2.45) is 5.92 Å². The van der Waals surface area contributed by atoms with Crippen molar-refractivity contribution in [2.45, 2.75) is 51.7 Å². The van der Waals surface area contributed by atoms with Crippen LogP contribution < -0.4 is 15.4 Å². The smallest absolute Gasteiger partial charge is 0.408 e. The Balaban J connectivity index is 1.51. The Labute approximate surface area is 285 Å². The number of hydrogen-bond donors (Lipinski definition) is 2. The lowest BCUT2D eigenvalue weighted by atomic mass is 9.95. The van der Waals surface area contributed by atoms with E-state index in [0.717, 1.165) is 18.4 Å². The zero-order valence-corrected chi connectivity index (χ0v) is 28.1. The summed E-state index contributed by atoms with van der Waals surface area (Å²) >= 11 is 0. The highest BCUT2D eigenvalue weighted by molar-refractivity contribution is 6.01. The highest BCUT2D eigenvalue weighted by Gasteiger charge is 2.27. The van der Waals surface area contributed by atoms with Crippen molar-refractivity contribution in [3.63, 3.8) is 0 Å². The number of alkyl carbamates (subject to hydrolysis) is 1. The molecule has 1 atom stereocenters. The third kappa shape index (κ3) is 10.5. The highest BCUT2D eigenvalue weighted by Crippen LogP contribution is 2.33. The van der Waals surface area contributed by atoms with Crippen molar-refractivity contribution < 1.29 is 42.9 Å². The minimum absolute atomic E-state index is 0.0120. The lowest BCUT2D eigenvalue weighted by Crippen LogP contribution is -2.45. The van der Waals surface area contributed by atoms with Gasteiger partial charge in [0.25, 0.3) is 5.91 Å². The molecule has 3 aromatic rings. The number of methoxy groups -OCH3 is 1. The Morgan fingerprint density at radius 2 is 1.69 bits per heavy atom. The van der Waals surface area contributed by atoms with Crippen LogP contribution >= 0.6 is 0 Å². The van der Waals surface area contributed by atoms with Gasteiger partial charge in [-0.15, -0.1) is 0 Å². The number of nitrogens with one attached hydrogen (secondary N) is 2. The van der Waals surface area contributed by atoms with Gasteiger partial charge in [0.15, 0.2) is 12.0 Å². The summed E-state index contributed by atoms with van der Waals surface area (Å²) < 4.78 is 21.6. The van der Waals surface area contributed by atoms with Crippen molar-refractivity contribution in [3.05, 3.63) is 89.3 Å². The minimum atomic E-state index is -1.08. The standard InChI is InChI=1S/C37H41N3O9/c1-6-25-19-26(22-41)28(20-31(25)46-5)27-14-15-29(33(42)38-21-24-12-13-24)39-32(27)35(44)48-17-16-47-34(43)30(18-23-10-8-7-9-11-23)40-36(45)49-37(2,3)4/h6-11,14-15,19-20,22,24,30H,1,12-13,16-18,21H2,2-5H3,(H,38,42)(H,40,45)/t30-/m0/s1. The van der Waals surface area contributed by atoms with Crippen molar-refractivity contribution >= 4 is 36.3 Å². The molecule has 0 saturated heterocycles. The van der Waals surface area contributed by atoms with Crippen molar-refractivity contribution in [3.8, 4) is 16.9 Å². The predicted octanol–water partition coefficient (Wildman–Crippen LogP) is 5.19. The van der Waals surface area contributed by atoms with E-state index in [2.05, 4.69) is 22.2 Å². The Morgan fingerprint density at radius 1 is 0.980 bits per heavy atom. The molecule has 49 heavy (non-hydrogen) atoms. The first-order chi connectivity index (χ1) is 23.4. The van der Waals surface area contributed by atoms with E-state index < -0.39 is 35.6 Å². The fourth-order valence-corrected chi connectivity index (χ4v) is 4.83. The van der Waals surface area contributed by atoms with E-state index in [0.29, 0.717) is 35.6 Å². The molecule has 4 rings (SSSR count). The third-order valence-corrected chi connectivity index (χ3v) is 7.43. The number of aromatic nitrogens is 1. The summed E-state index contributed by atoms with van der Waals surface area (Å²) in [6.07, 6.45) is 3.58. The van der Waals surface area contributed by atoms with Gasteiger partial charge in [-0.3, -0.25) is 9.59 Å². The first kappa shape index (κ1) is 36.3. The van der Waals surface area contributed by atoms with Gasteiger partial charge >= 0.3 is 18.0 Å². The zero-order chi connectivity index (χ0) is 35.6. The van der Waals surface area contributed by atoms with E-state index in [9.17, 15) is 24.0 Å². The van der Waals surface area contributed by atoms with Gasteiger partial charge in [0, 0.05) is 29.7 Å². The van der Waals surface area contributed by atoms with E-state index in [-0.39, 0.29) is 42.1 Å². The largest absolute Gasteiger partial charge is 0.496 e. The molecule has 1 saturated carbocycles. The summed E-state index contributed by atoms with van der Waals surface area (Å²) in [5.41, 5.74) is 1.10. The van der Waals surface area contributed by atoms with Gasteiger partial charge in [0.2, 0.25) is 0 Å². The first-order valence-electron chi connectivity index (χ1n) is 15.9. The summed E-state index contributed by atoms with van der Waals surface area (Å²) in [5, 5.41) is 5.38. The molecule has 1 aliphatic rings. The number of pyridine rings is 1. The van der Waals surface area contributed by atoms with Crippen LogP contribution in [-0.2, 0) is 25.4 Å². The van der Waals surface area contributed by atoms with Crippen LogP contribution in [0.5, 0.6) is 5.75 Å². The summed E-state index contributed by atoms with van der Waals surface area (Å²) in [6, 6.07) is 14.1. The average Bonchev–Trinajstić information content (AvgIpc) is 3.92. The predicted molar refractivity (Wildman–Crippen MR) is 181 cm³/mol. The second-order valence-electron chi connectivity index (χ2n) is 12.4. The second kappa shape index (κ2) is 16.5. The van der Waals surface area contributed by atoms with E-state index in [1.165, 1.54) is 25.3 Å². The molecular formula is C37H41N3O9. The second-order valence-corrected chi connectivity index (χ2v) is 12.4. The fraction of sp³-hybridized carbons (Fsp3) is 0.351. The number of ether oxygens (including phenoxy) is 4. The number of amides is 2. The van der Waals surface area contributed by atoms with Crippen molar-refractivity contribution in [2.75, 3.05) is 26.9 Å². The van der Waals surface area contributed by atoms with E-state index in [1.54, 1.807) is 57.2 Å². The van der Waals surface area contributed by atoms with Crippen molar-refractivity contribution in [1.82, 2.24) is 15.6 Å². The van der Waals surface area contributed by atoms with Gasteiger partial charge in [-0.05, 0) is 74.9 Å². The summed E-state index contributed by atoms with van der Waals surface area (Å²) in [4.78, 5) is 68.4. The number of carbonyl (C=O) groups is 5. The molecule has 1 heterocycles. The van der Waals surface area contributed by atoms with Crippen LogP contribution in [0.4, 0.5) is 4.79 Å². The number of rotatable bonds is 15. The SMILES string of the molecule is C=Cc1cc(C=O)c(-c2ccc(C(=O)NCC3CC3)nc2C(=O)OCCOC(=O)[C@H](Cc2ccccc2)NC(=O)OC(C)(C)C)cc1OC. The van der Waals surface area contributed by atoms with Gasteiger partial charge in [0.1, 0.15) is 36.3 Å². The van der Waals surface area contributed by atoms with Gasteiger partial charge in [0.05, 0.1) is 7.11 Å². The van der Waals surface area contributed by atoms with Gasteiger partial charge in [-0.2, -0.15) is 0 Å². The van der Waals surface area contributed by atoms with Gasteiger partial charge in [-0.25, -0.2) is 19.4 Å². The minimum Gasteiger partial charge on any atom is -0.496 e. The maximum absolute atomic E-state index is 13.5. The van der Waals surface area contributed by atoms with Crippen LogP contribution in [0.2, 0.25) is 0 Å². The number of esters is 2. The molecule has 0 unspecified atom stereocenters. The third-order valence-electron chi connectivity index (χ3n) is 7.43. The quantitative estimate of drug-likeness (QED) is 0.0953. The fourth-order valence-electron chi connectivity index (χ4n) is 4.83. The number of aldehydes is 1. The van der Waals surface area contributed by atoms with Crippen LogP contribution in [0.1, 0.15) is 76.1 Å². The van der Waals surface area contributed by atoms with Crippen LogP contribution in [0.15, 0.2) is 61.2 Å². The average molecular weight is 672 g/mol. The lowest BCUT2D eigenvalue weighted by Gasteiger charge is -2.23.